The molecule has 6 heteroatoms. The van der Waals surface area contributed by atoms with Crippen molar-refractivity contribution in [3.05, 3.63) is 53.1 Å². The van der Waals surface area contributed by atoms with Crippen molar-refractivity contribution in [3.63, 3.8) is 0 Å². The Hall–Kier alpha value is -1.65. The van der Waals surface area contributed by atoms with E-state index in [4.69, 9.17) is 0 Å². The van der Waals surface area contributed by atoms with E-state index in [2.05, 4.69) is 27.2 Å². The average Bonchev–Trinajstić information content (AvgIpc) is 2.27. The van der Waals surface area contributed by atoms with E-state index in [0.717, 1.165) is 5.56 Å². The summed E-state index contributed by atoms with van der Waals surface area (Å²) in [4.78, 5) is 0. The summed E-state index contributed by atoms with van der Waals surface area (Å²) in [5, 5.41) is 0. The second kappa shape index (κ2) is 7.22. The van der Waals surface area contributed by atoms with Gasteiger partial charge in [-0.05, 0) is 44.5 Å². The standard InChI is InChI=1S/C14H18BrFNOS.Lr/c1-5-6-13(17-19(18)14(2,3)4)11-8-7-10(16)9-12(11)15;/h5-9,13,17H,1H2,2-4H3;/q-1;/t13-,19+;/m1./s1. The summed E-state index contributed by atoms with van der Waals surface area (Å²) < 4.78 is 28.6. The molecule has 1 aromatic carbocycles. The fourth-order valence-electron chi connectivity index (χ4n) is 1.39. The molecule has 0 heterocycles. The minimum absolute atomic E-state index is 0. The summed E-state index contributed by atoms with van der Waals surface area (Å²) in [6.45, 7) is 9.33. The largest absolute Gasteiger partial charge is 0.245 e. The molecular weight excluding hydrogens is 591 g/mol. The molecule has 121 valence electrons. The molecule has 1 aromatic rings. The molecule has 0 aliphatic heterocycles. The summed E-state index contributed by atoms with van der Waals surface area (Å²) in [5.74, 6) is -0.315. The van der Waals surface area contributed by atoms with Crippen molar-refractivity contribution in [2.45, 2.75) is 31.6 Å². The first-order chi connectivity index (χ1) is 8.75. The van der Waals surface area contributed by atoms with Crippen LogP contribution in [0.5, 0.6) is 0 Å². The fraction of sp³-hybridized carbons (Fsp3) is 0.357. The van der Waals surface area contributed by atoms with E-state index in [0.29, 0.717) is 4.47 Å². The maximum atomic E-state index is 13.1. The SMILES string of the molecule is C=C[CH-][C@@H](N[S@@](=O)C(C)(C)C)c1ccc(F)cc1Br.[Lr]. The second-order valence-electron chi connectivity index (χ2n) is 5.07. The molecule has 1 rings (SSSR count). The quantitative estimate of drug-likeness (QED) is 0.502. The van der Waals surface area contributed by atoms with Crippen LogP contribution in [-0.2, 0) is 11.0 Å². The third-order valence-electron chi connectivity index (χ3n) is 2.42. The van der Waals surface area contributed by atoms with Gasteiger partial charge in [0.05, 0.1) is 15.7 Å². The molecule has 0 aliphatic rings. The molecule has 0 amide bonds. The van der Waals surface area contributed by atoms with E-state index in [9.17, 15) is 8.60 Å². The summed E-state index contributed by atoms with van der Waals surface area (Å²) in [7, 11) is -1.23. The number of halogens is 2. The summed E-state index contributed by atoms with van der Waals surface area (Å²) in [5.41, 5.74) is 0.818. The molecule has 1 N–H and O–H groups in total. The van der Waals surface area contributed by atoms with Gasteiger partial charge in [-0.2, -0.15) is 0 Å². The van der Waals surface area contributed by atoms with Gasteiger partial charge in [-0.15, -0.1) is 0 Å². The maximum Gasteiger partial charge on any atom is 0.124 e. The molecule has 2 atom stereocenters. The molecule has 0 fully saturated rings. The van der Waals surface area contributed by atoms with Crippen LogP contribution in [0.1, 0.15) is 32.4 Å². The Balaban J connectivity index is 0.00000361. The van der Waals surface area contributed by atoms with Gasteiger partial charge in [0.15, 0.2) is 0 Å². The zero-order chi connectivity index (χ0) is 14.6. The van der Waals surface area contributed by atoms with Crippen LogP contribution < -0.4 is 4.72 Å². The topological polar surface area (TPSA) is 29.1 Å². The smallest absolute Gasteiger partial charge is 0.124 e. The molecule has 1 radical (unpaired) electrons. The number of hydrogen-bond acceptors (Lipinski definition) is 1. The normalized spacial score (nSPS) is 14.1. The van der Waals surface area contributed by atoms with E-state index < -0.39 is 11.0 Å². The zero-order valence-corrected chi connectivity index (χ0v) is 16.1. The van der Waals surface area contributed by atoms with Crippen LogP contribution in [-0.4, -0.2) is 8.96 Å². The Labute approximate surface area is 125 Å². The van der Waals surface area contributed by atoms with E-state index >= 15 is 0 Å². The Kier molecular flexibility index (Phi) is 6.62. The monoisotopic (exact) mass is 608 g/mol. The Morgan fingerprint density at radius 2 is 2.10 bits per heavy atom. The minimum atomic E-state index is -1.23. The van der Waals surface area contributed by atoms with Crippen molar-refractivity contribution in [2.24, 2.45) is 0 Å². The van der Waals surface area contributed by atoms with Gasteiger partial charge in [-0.3, -0.25) is 0 Å². The van der Waals surface area contributed by atoms with Gasteiger partial charge >= 0.3 is 0 Å². The fourth-order valence-corrected chi connectivity index (χ4v) is 2.78. The van der Waals surface area contributed by atoms with Crippen molar-refractivity contribution in [1.29, 1.82) is 0 Å². The predicted octanol–water partition coefficient (Wildman–Crippen LogP) is 4.07. The van der Waals surface area contributed by atoms with Crippen molar-refractivity contribution >= 4 is 26.9 Å². The van der Waals surface area contributed by atoms with Crippen LogP contribution in [0.15, 0.2) is 35.3 Å². The van der Waals surface area contributed by atoms with Crippen LogP contribution in [0.2, 0.25) is 0 Å². The van der Waals surface area contributed by atoms with Crippen LogP contribution >= 0.6 is 15.9 Å². The molecule has 0 bridgehead atoms. The number of benzene rings is 1. The molecule has 2 nitrogen and oxygen atoms in total. The summed E-state index contributed by atoms with van der Waals surface area (Å²) >= 11 is 3.32. The van der Waals surface area contributed by atoms with E-state index in [1.54, 1.807) is 18.6 Å². The second-order valence-corrected chi connectivity index (χ2v) is 7.92. The Morgan fingerprint density at radius 1 is 1.50 bits per heavy atom. The van der Waals surface area contributed by atoms with Gasteiger partial charge in [0, 0.05) is 4.47 Å². The molecule has 0 unspecified atom stereocenters. The van der Waals surface area contributed by atoms with Crippen molar-refractivity contribution < 1.29 is 8.60 Å². The first-order valence-electron chi connectivity index (χ1n) is 5.84. The Bertz CT molecular complexity index is 491. The van der Waals surface area contributed by atoms with E-state index in [-0.39, 0.29) is 16.6 Å². The van der Waals surface area contributed by atoms with Crippen molar-refractivity contribution in [3.8, 4) is 0 Å². The third-order valence-corrected chi connectivity index (χ3v) is 4.68. The molecule has 0 saturated heterocycles. The number of rotatable bonds is 5. The molecule has 0 aliphatic carbocycles. The van der Waals surface area contributed by atoms with Gasteiger partial charge in [0.1, 0.15) is 5.82 Å². The van der Waals surface area contributed by atoms with Gasteiger partial charge in [0.2, 0.25) is 0 Å². The molecule has 0 aromatic heterocycles. The Morgan fingerprint density at radius 3 is 2.55 bits per heavy atom. The summed E-state index contributed by atoms with van der Waals surface area (Å²) in [6, 6.07) is 4.15. The molecular formula is C14H18BrFLrNOS-. The van der Waals surface area contributed by atoms with Gasteiger partial charge in [-0.1, -0.05) is 22.0 Å². The van der Waals surface area contributed by atoms with Crippen molar-refractivity contribution in [2.75, 3.05) is 0 Å². The predicted molar refractivity (Wildman–Crippen MR) is 82.4 cm³/mol. The zero-order valence-electron chi connectivity index (χ0n) is 11.5. The van der Waals surface area contributed by atoms with Crippen LogP contribution in [0.25, 0.3) is 0 Å². The molecule has 0 saturated carbocycles. The maximum absolute atomic E-state index is 13.1. The van der Waals surface area contributed by atoms with Gasteiger partial charge in [0.25, 0.3) is 0 Å². The van der Waals surface area contributed by atoms with Crippen LogP contribution in [0, 0.1) is 12.2 Å². The average molecular weight is 609 g/mol. The van der Waals surface area contributed by atoms with Crippen LogP contribution in [0.3, 0.4) is 0 Å². The first kappa shape index (κ1) is 18.4. The van der Waals surface area contributed by atoms with Crippen molar-refractivity contribution in [1.82, 2.24) is 4.72 Å². The van der Waals surface area contributed by atoms with E-state index in [1.807, 2.05) is 20.8 Å². The van der Waals surface area contributed by atoms with E-state index in [1.165, 1.54) is 12.1 Å². The molecule has 0 spiro atoms. The first-order valence-corrected chi connectivity index (χ1v) is 7.79. The number of hydrogen-bond donors (Lipinski definition) is 1. The van der Waals surface area contributed by atoms with Gasteiger partial charge < -0.3 is 0 Å². The third kappa shape index (κ3) is 4.79. The number of nitrogens with one attached hydrogen (secondary N) is 1. The summed E-state index contributed by atoms with van der Waals surface area (Å²) in [6.07, 6.45) is 3.43. The van der Waals surface area contributed by atoms with Crippen LogP contribution in [0.4, 0.5) is 4.39 Å². The molecule has 20 heavy (non-hydrogen) atoms. The minimum Gasteiger partial charge on any atom is -0.245 e. The van der Waals surface area contributed by atoms with Gasteiger partial charge in [-0.25, -0.2) is 32.4 Å².